The van der Waals surface area contributed by atoms with Crippen molar-refractivity contribution in [2.75, 3.05) is 46.3 Å². The van der Waals surface area contributed by atoms with Gasteiger partial charge in [0.2, 0.25) is 5.91 Å². The molecular weight excluding hydrogens is 428 g/mol. The first-order valence-corrected chi connectivity index (χ1v) is 12.9. The van der Waals surface area contributed by atoms with Gasteiger partial charge in [-0.15, -0.1) is 11.3 Å². The zero-order valence-corrected chi connectivity index (χ0v) is 20.6. The van der Waals surface area contributed by atoms with Crippen LogP contribution >= 0.6 is 23.6 Å². The van der Waals surface area contributed by atoms with Crippen molar-refractivity contribution in [3.63, 3.8) is 0 Å². The number of amides is 2. The molecule has 0 spiro atoms. The monoisotopic (exact) mass is 464 g/mol. The number of carbonyl (C=O) groups is 2. The number of rotatable bonds is 11. The molecule has 1 atom stereocenters. The summed E-state index contributed by atoms with van der Waals surface area (Å²) in [5, 5.41) is 2.70. The van der Waals surface area contributed by atoms with Crippen molar-refractivity contribution in [3.05, 3.63) is 22.4 Å². The van der Waals surface area contributed by atoms with E-state index < -0.39 is 0 Å². The van der Waals surface area contributed by atoms with Crippen molar-refractivity contribution in [3.8, 4) is 0 Å². The molecule has 2 amide bonds. The standard InChI is InChI=1S/C23H36N4O2S2/c1-19-22(29)24(2)23(30)27(19)12-8-6-4-3-5-7-11-25-13-15-26(16-14-25)21(28)18-20-10-9-17-31-20/h9-10,17,19H,3-8,11-16,18H2,1-2H3. The minimum atomic E-state index is -0.107. The van der Waals surface area contributed by atoms with Crippen molar-refractivity contribution < 1.29 is 9.59 Å². The van der Waals surface area contributed by atoms with Gasteiger partial charge >= 0.3 is 0 Å². The first kappa shape index (κ1) is 24.1. The van der Waals surface area contributed by atoms with E-state index >= 15 is 0 Å². The van der Waals surface area contributed by atoms with Crippen molar-refractivity contribution in [2.45, 2.75) is 57.9 Å². The Morgan fingerprint density at radius 3 is 2.29 bits per heavy atom. The van der Waals surface area contributed by atoms with E-state index in [0.717, 1.165) is 50.6 Å². The summed E-state index contributed by atoms with van der Waals surface area (Å²) in [5.74, 6) is 0.375. The van der Waals surface area contributed by atoms with Gasteiger partial charge in [-0.05, 0) is 50.0 Å². The van der Waals surface area contributed by atoms with Crippen LogP contribution in [0, 0.1) is 0 Å². The maximum absolute atomic E-state index is 12.4. The number of carbonyl (C=O) groups excluding carboxylic acids is 2. The van der Waals surface area contributed by atoms with E-state index in [1.54, 1.807) is 23.3 Å². The second-order valence-corrected chi connectivity index (χ2v) is 10.0. The quantitative estimate of drug-likeness (QED) is 0.372. The molecule has 1 unspecified atom stereocenters. The summed E-state index contributed by atoms with van der Waals surface area (Å²) in [4.78, 5) is 33.7. The Bertz CT molecular complexity index is 732. The van der Waals surface area contributed by atoms with Crippen molar-refractivity contribution in [2.24, 2.45) is 0 Å². The Labute approximate surface area is 196 Å². The number of unbranched alkanes of at least 4 members (excludes halogenated alkanes) is 5. The van der Waals surface area contributed by atoms with E-state index in [1.807, 2.05) is 29.3 Å². The lowest BCUT2D eigenvalue weighted by atomic mass is 10.1. The van der Waals surface area contributed by atoms with Crippen LogP contribution < -0.4 is 0 Å². The zero-order chi connectivity index (χ0) is 22.2. The smallest absolute Gasteiger partial charge is 0.250 e. The SMILES string of the molecule is CC1C(=O)N(C)C(=S)N1CCCCCCCCN1CCN(C(=O)Cc2cccs2)CC1. The minimum absolute atomic E-state index is 0.107. The van der Waals surface area contributed by atoms with Gasteiger partial charge in [0, 0.05) is 44.6 Å². The molecule has 31 heavy (non-hydrogen) atoms. The molecule has 3 heterocycles. The molecule has 0 saturated carbocycles. The van der Waals surface area contributed by atoms with E-state index in [9.17, 15) is 9.59 Å². The Balaban J connectivity index is 1.18. The molecule has 1 aromatic rings. The van der Waals surface area contributed by atoms with Gasteiger partial charge in [0.05, 0.1) is 6.42 Å². The fourth-order valence-corrected chi connectivity index (χ4v) is 5.41. The van der Waals surface area contributed by atoms with Gasteiger partial charge in [-0.25, -0.2) is 0 Å². The molecule has 2 saturated heterocycles. The number of thiocarbonyl (C=S) groups is 1. The third kappa shape index (κ3) is 6.73. The molecule has 2 fully saturated rings. The maximum Gasteiger partial charge on any atom is 0.250 e. The van der Waals surface area contributed by atoms with Gasteiger partial charge in [0.25, 0.3) is 5.91 Å². The lowest BCUT2D eigenvalue weighted by Crippen LogP contribution is -2.49. The van der Waals surface area contributed by atoms with Crippen LogP contribution in [0.4, 0.5) is 0 Å². The second kappa shape index (κ2) is 11.9. The highest BCUT2D eigenvalue weighted by atomic mass is 32.1. The van der Waals surface area contributed by atoms with E-state index in [0.29, 0.717) is 11.5 Å². The number of likely N-dealkylation sites (N-methyl/N-ethyl adjacent to an activating group) is 1. The van der Waals surface area contributed by atoms with Crippen molar-refractivity contribution >= 4 is 40.5 Å². The summed E-state index contributed by atoms with van der Waals surface area (Å²) >= 11 is 7.03. The Kier molecular flexibility index (Phi) is 9.29. The Morgan fingerprint density at radius 2 is 1.71 bits per heavy atom. The van der Waals surface area contributed by atoms with E-state index in [-0.39, 0.29) is 17.9 Å². The van der Waals surface area contributed by atoms with Crippen LogP contribution in [-0.2, 0) is 16.0 Å². The van der Waals surface area contributed by atoms with Crippen LogP contribution in [0.2, 0.25) is 0 Å². The number of hydrogen-bond acceptors (Lipinski definition) is 5. The number of piperazine rings is 1. The molecule has 0 radical (unpaired) electrons. The lowest BCUT2D eigenvalue weighted by molar-refractivity contribution is -0.132. The molecule has 6 nitrogen and oxygen atoms in total. The summed E-state index contributed by atoms with van der Waals surface area (Å²) in [6, 6.07) is 3.94. The number of thiophene rings is 1. The van der Waals surface area contributed by atoms with Crippen molar-refractivity contribution in [1.82, 2.24) is 19.6 Å². The summed E-state index contributed by atoms with van der Waals surface area (Å²) in [5.41, 5.74) is 0. The van der Waals surface area contributed by atoms with Gasteiger partial charge in [0.15, 0.2) is 5.11 Å². The highest BCUT2D eigenvalue weighted by molar-refractivity contribution is 7.80. The molecule has 2 aliphatic rings. The molecule has 8 heteroatoms. The molecule has 3 rings (SSSR count). The molecule has 172 valence electrons. The maximum atomic E-state index is 12.4. The van der Waals surface area contributed by atoms with Gasteiger partial charge < -0.3 is 9.80 Å². The Hall–Kier alpha value is -1.51. The van der Waals surface area contributed by atoms with E-state index in [2.05, 4.69) is 9.80 Å². The highest BCUT2D eigenvalue weighted by Crippen LogP contribution is 2.18. The van der Waals surface area contributed by atoms with Gasteiger partial charge in [-0.1, -0.05) is 31.7 Å². The third-order valence-electron chi connectivity index (χ3n) is 6.44. The number of hydrogen-bond donors (Lipinski definition) is 0. The van der Waals surface area contributed by atoms with E-state index in [4.69, 9.17) is 12.2 Å². The third-order valence-corrected chi connectivity index (χ3v) is 7.83. The molecule has 0 aliphatic carbocycles. The highest BCUT2D eigenvalue weighted by Gasteiger charge is 2.36. The minimum Gasteiger partial charge on any atom is -0.340 e. The molecule has 2 aliphatic heterocycles. The Morgan fingerprint density at radius 1 is 1.06 bits per heavy atom. The summed E-state index contributed by atoms with van der Waals surface area (Å²) in [6.07, 6.45) is 7.82. The number of nitrogens with zero attached hydrogens (tertiary/aromatic N) is 4. The fraction of sp³-hybridized carbons (Fsp3) is 0.696. The molecule has 0 N–H and O–H groups in total. The van der Waals surface area contributed by atoms with Crippen molar-refractivity contribution in [1.29, 1.82) is 0 Å². The van der Waals surface area contributed by atoms with Crippen LogP contribution in [-0.4, -0.2) is 88.9 Å². The molecular formula is C23H36N4O2S2. The van der Waals surface area contributed by atoms with Gasteiger partial charge in [-0.2, -0.15) is 0 Å². The van der Waals surface area contributed by atoms with Gasteiger partial charge in [0.1, 0.15) is 6.04 Å². The largest absolute Gasteiger partial charge is 0.340 e. The van der Waals surface area contributed by atoms with Crippen LogP contribution in [0.25, 0.3) is 0 Å². The zero-order valence-electron chi connectivity index (χ0n) is 18.9. The predicted molar refractivity (Wildman–Crippen MR) is 130 cm³/mol. The van der Waals surface area contributed by atoms with Gasteiger partial charge in [-0.3, -0.25) is 19.4 Å². The summed E-state index contributed by atoms with van der Waals surface area (Å²) < 4.78 is 0. The topological polar surface area (TPSA) is 47.1 Å². The molecule has 1 aromatic heterocycles. The average Bonchev–Trinajstić information content (AvgIpc) is 3.35. The predicted octanol–water partition coefficient (Wildman–Crippen LogP) is 3.22. The van der Waals surface area contributed by atoms with Crippen LogP contribution in [0.3, 0.4) is 0 Å². The molecule has 0 bridgehead atoms. The summed E-state index contributed by atoms with van der Waals surface area (Å²) in [6.45, 7) is 7.68. The van der Waals surface area contributed by atoms with Crippen LogP contribution in [0.5, 0.6) is 0 Å². The van der Waals surface area contributed by atoms with E-state index in [1.165, 1.54) is 32.1 Å². The second-order valence-electron chi connectivity index (χ2n) is 8.65. The lowest BCUT2D eigenvalue weighted by Gasteiger charge is -2.34. The molecule has 0 aromatic carbocycles. The first-order valence-electron chi connectivity index (χ1n) is 11.6. The fourth-order valence-electron chi connectivity index (χ4n) is 4.38. The normalized spacial score (nSPS) is 20.2. The van der Waals surface area contributed by atoms with Crippen LogP contribution in [0.1, 0.15) is 50.3 Å². The summed E-state index contributed by atoms with van der Waals surface area (Å²) in [7, 11) is 1.77. The first-order chi connectivity index (χ1) is 15.0. The van der Waals surface area contributed by atoms with Crippen LogP contribution in [0.15, 0.2) is 17.5 Å². The average molecular weight is 465 g/mol.